The zero-order chi connectivity index (χ0) is 17.1. The third-order valence-electron chi connectivity index (χ3n) is 7.55. The second-order valence-electron chi connectivity index (χ2n) is 9.16. The second kappa shape index (κ2) is 9.08. The number of benzene rings is 1. The van der Waals surface area contributed by atoms with E-state index in [4.69, 9.17) is 0 Å². The third-order valence-corrected chi connectivity index (χ3v) is 7.55. The van der Waals surface area contributed by atoms with Gasteiger partial charge < -0.3 is 22.4 Å². The Morgan fingerprint density at radius 2 is 1.65 bits per heavy atom. The first kappa shape index (κ1) is 20.2. The number of hydrogen-bond acceptors (Lipinski definition) is 1. The van der Waals surface area contributed by atoms with Gasteiger partial charge in [0.25, 0.3) is 0 Å². The van der Waals surface area contributed by atoms with Crippen molar-refractivity contribution >= 4 is 0 Å². The molecule has 2 aliphatic carbocycles. The molecule has 2 N–H and O–H groups in total. The number of aliphatic hydroxyl groups is 1. The number of rotatable bonds is 5. The van der Waals surface area contributed by atoms with E-state index in [1.165, 1.54) is 70.9 Å². The summed E-state index contributed by atoms with van der Waals surface area (Å²) in [5.74, 6) is 2.42. The van der Waals surface area contributed by atoms with E-state index in [1.807, 2.05) is 0 Å². The van der Waals surface area contributed by atoms with Crippen molar-refractivity contribution in [2.75, 3.05) is 19.6 Å². The minimum Gasteiger partial charge on any atom is -1.00 e. The molecule has 3 fully saturated rings. The van der Waals surface area contributed by atoms with Crippen molar-refractivity contribution in [3.63, 3.8) is 0 Å². The van der Waals surface area contributed by atoms with E-state index in [1.54, 1.807) is 4.90 Å². The zero-order valence-electron chi connectivity index (χ0n) is 16.1. The first-order valence-corrected chi connectivity index (χ1v) is 10.9. The highest BCUT2D eigenvalue weighted by atomic mass is 35.5. The second-order valence-corrected chi connectivity index (χ2v) is 9.16. The van der Waals surface area contributed by atoms with Gasteiger partial charge in [0, 0.05) is 12.3 Å². The quantitative estimate of drug-likeness (QED) is 0.769. The average Bonchev–Trinajstić information content (AvgIpc) is 3.01. The topological polar surface area (TPSA) is 24.7 Å². The van der Waals surface area contributed by atoms with Crippen molar-refractivity contribution in [2.45, 2.75) is 69.8 Å². The highest BCUT2D eigenvalue weighted by molar-refractivity contribution is 5.23. The van der Waals surface area contributed by atoms with Crippen LogP contribution < -0.4 is 17.3 Å². The van der Waals surface area contributed by atoms with Crippen LogP contribution in [-0.4, -0.2) is 24.7 Å². The normalized spacial score (nSPS) is 31.7. The summed E-state index contributed by atoms with van der Waals surface area (Å²) in [5, 5.41) is 11.8. The summed E-state index contributed by atoms with van der Waals surface area (Å²) >= 11 is 0. The Morgan fingerprint density at radius 3 is 2.42 bits per heavy atom. The molecular weight excluding hydrogens is 342 g/mol. The molecule has 1 heterocycles. The lowest BCUT2D eigenvalue weighted by Crippen LogP contribution is -3.12. The third kappa shape index (κ3) is 4.46. The van der Waals surface area contributed by atoms with Gasteiger partial charge in [-0.2, -0.15) is 0 Å². The summed E-state index contributed by atoms with van der Waals surface area (Å²) in [6.45, 7) is 3.83. The van der Waals surface area contributed by atoms with Gasteiger partial charge >= 0.3 is 0 Å². The molecule has 2 bridgehead atoms. The highest BCUT2D eigenvalue weighted by Gasteiger charge is 2.40. The summed E-state index contributed by atoms with van der Waals surface area (Å²) < 4.78 is 0. The maximum atomic E-state index is 11.8. The van der Waals surface area contributed by atoms with E-state index in [0.29, 0.717) is 5.92 Å². The van der Waals surface area contributed by atoms with Gasteiger partial charge in [-0.1, -0.05) is 49.6 Å². The molecule has 3 aliphatic rings. The molecule has 0 aromatic heterocycles. The van der Waals surface area contributed by atoms with E-state index in [9.17, 15) is 5.11 Å². The van der Waals surface area contributed by atoms with Crippen molar-refractivity contribution in [2.24, 2.45) is 17.8 Å². The molecule has 0 spiro atoms. The van der Waals surface area contributed by atoms with E-state index < -0.39 is 5.60 Å². The van der Waals surface area contributed by atoms with Crippen molar-refractivity contribution in [3.05, 3.63) is 35.9 Å². The van der Waals surface area contributed by atoms with Crippen molar-refractivity contribution in [1.29, 1.82) is 0 Å². The van der Waals surface area contributed by atoms with Gasteiger partial charge in [-0.3, -0.25) is 0 Å². The van der Waals surface area contributed by atoms with Crippen LogP contribution in [0, 0.1) is 17.8 Å². The van der Waals surface area contributed by atoms with Crippen LogP contribution in [-0.2, 0) is 5.60 Å². The molecule has 4 atom stereocenters. The minimum absolute atomic E-state index is 0. The lowest BCUT2D eigenvalue weighted by Gasteiger charge is -2.39. The van der Waals surface area contributed by atoms with E-state index >= 15 is 0 Å². The van der Waals surface area contributed by atoms with Gasteiger partial charge in [-0.15, -0.1) is 0 Å². The summed E-state index contributed by atoms with van der Waals surface area (Å²) in [5.41, 5.74) is 0.553. The Labute approximate surface area is 165 Å². The molecule has 146 valence electrons. The summed E-state index contributed by atoms with van der Waals surface area (Å²) in [4.78, 5) is 1.76. The molecule has 4 rings (SSSR count). The first-order chi connectivity index (χ1) is 12.2. The largest absolute Gasteiger partial charge is 1.00 e. The average molecular weight is 378 g/mol. The molecule has 2 saturated carbocycles. The minimum atomic E-state index is -0.611. The van der Waals surface area contributed by atoms with Crippen LogP contribution in [0.3, 0.4) is 0 Å². The van der Waals surface area contributed by atoms with Gasteiger partial charge in [-0.25, -0.2) is 0 Å². The highest BCUT2D eigenvalue weighted by Crippen LogP contribution is 2.41. The van der Waals surface area contributed by atoms with Crippen molar-refractivity contribution in [3.8, 4) is 0 Å². The Bertz CT molecular complexity index is 544. The molecule has 26 heavy (non-hydrogen) atoms. The molecular formula is C23H36ClNO. The Kier molecular flexibility index (Phi) is 7.05. The fourth-order valence-corrected chi connectivity index (χ4v) is 6.03. The molecule has 4 unspecified atom stereocenters. The fraction of sp³-hybridized carbons (Fsp3) is 0.739. The van der Waals surface area contributed by atoms with Gasteiger partial charge in [0.1, 0.15) is 0 Å². The smallest absolute Gasteiger partial charge is 0.0978 e. The molecule has 2 nitrogen and oxygen atoms in total. The van der Waals surface area contributed by atoms with Crippen LogP contribution in [0.5, 0.6) is 0 Å². The zero-order valence-corrected chi connectivity index (χ0v) is 16.9. The fourth-order valence-electron chi connectivity index (χ4n) is 6.03. The molecule has 1 aromatic rings. The molecule has 1 aliphatic heterocycles. The predicted molar refractivity (Wildman–Crippen MR) is 103 cm³/mol. The van der Waals surface area contributed by atoms with Crippen LogP contribution in [0.1, 0.15) is 69.8 Å². The van der Waals surface area contributed by atoms with Gasteiger partial charge in [0.05, 0.1) is 25.2 Å². The van der Waals surface area contributed by atoms with Crippen LogP contribution >= 0.6 is 0 Å². The number of halogens is 1. The van der Waals surface area contributed by atoms with Crippen molar-refractivity contribution in [1.82, 2.24) is 0 Å². The number of likely N-dealkylation sites (tertiary alicyclic amines) is 1. The Hall–Kier alpha value is -0.570. The van der Waals surface area contributed by atoms with Crippen molar-refractivity contribution < 1.29 is 22.4 Å². The predicted octanol–water partition coefficient (Wildman–Crippen LogP) is 0.554. The van der Waals surface area contributed by atoms with Crippen LogP contribution in [0.25, 0.3) is 0 Å². The summed E-state index contributed by atoms with van der Waals surface area (Å²) in [6, 6.07) is 10.6. The molecule has 0 radical (unpaired) electrons. The van der Waals surface area contributed by atoms with Crippen LogP contribution in [0.2, 0.25) is 0 Å². The molecule has 3 heteroatoms. The lowest BCUT2D eigenvalue weighted by atomic mass is 9.71. The number of quaternary nitrogens is 1. The first-order valence-electron chi connectivity index (χ1n) is 10.9. The van der Waals surface area contributed by atoms with Gasteiger partial charge in [-0.05, 0) is 55.9 Å². The lowest BCUT2D eigenvalue weighted by molar-refractivity contribution is -0.904. The summed E-state index contributed by atoms with van der Waals surface area (Å²) in [6.07, 6.45) is 13.1. The SMILES string of the molecule is OC(CC[NH+]1CCC2CCC(C2)C1)(c1ccccc1)C1CCCCC1.[Cl-]. The maximum absolute atomic E-state index is 11.8. The summed E-state index contributed by atoms with van der Waals surface area (Å²) in [7, 11) is 0. The Morgan fingerprint density at radius 1 is 0.923 bits per heavy atom. The van der Waals surface area contributed by atoms with Gasteiger partial charge in [0.15, 0.2) is 0 Å². The van der Waals surface area contributed by atoms with E-state index in [2.05, 4.69) is 30.3 Å². The van der Waals surface area contributed by atoms with Gasteiger partial charge in [0.2, 0.25) is 0 Å². The molecule has 0 amide bonds. The number of fused-ring (bicyclic) bond motifs is 2. The number of nitrogens with one attached hydrogen (secondary N) is 1. The van der Waals surface area contributed by atoms with Crippen LogP contribution in [0.15, 0.2) is 30.3 Å². The Balaban J connectivity index is 0.00000196. The van der Waals surface area contributed by atoms with E-state index in [-0.39, 0.29) is 12.4 Å². The maximum Gasteiger partial charge on any atom is 0.0978 e. The number of hydrogen-bond donors (Lipinski definition) is 2. The standard InChI is InChI=1S/C23H35NO.ClH/c25-23(21-7-3-1-4-8-21,22-9-5-2-6-10-22)14-16-24-15-13-19-11-12-20(17-19)18-24;/h1,3-4,7-8,19-20,22,25H,2,5-6,9-18H2;1H. The monoisotopic (exact) mass is 377 g/mol. The van der Waals surface area contributed by atoms with E-state index in [0.717, 1.165) is 30.4 Å². The molecule has 1 saturated heterocycles. The molecule has 1 aromatic carbocycles. The van der Waals surface area contributed by atoms with Crippen LogP contribution in [0.4, 0.5) is 0 Å².